The molecule has 27 heavy (non-hydrogen) atoms. The van der Waals surface area contributed by atoms with E-state index in [1.165, 1.54) is 0 Å². The van der Waals surface area contributed by atoms with Gasteiger partial charge in [-0.1, -0.05) is 34.1 Å². The fourth-order valence-corrected chi connectivity index (χ4v) is 2.91. The molecule has 0 bridgehead atoms. The number of carbonyl (C=O) groups excluding carboxylic acids is 3. The molecular formula is C20H22BrN3O3. The van der Waals surface area contributed by atoms with Crippen LogP contribution in [-0.4, -0.2) is 30.3 Å². The highest BCUT2D eigenvalue weighted by molar-refractivity contribution is 9.10. The van der Waals surface area contributed by atoms with Crippen LogP contribution in [0.2, 0.25) is 0 Å². The highest BCUT2D eigenvalue weighted by atomic mass is 79.9. The van der Waals surface area contributed by atoms with Crippen LogP contribution in [-0.2, 0) is 9.59 Å². The molecule has 0 unspecified atom stereocenters. The number of nitrogens with one attached hydrogen (secondary N) is 3. The predicted molar refractivity (Wildman–Crippen MR) is 109 cm³/mol. The molecule has 1 atom stereocenters. The first kappa shape index (κ1) is 20.6. The summed E-state index contributed by atoms with van der Waals surface area (Å²) in [6, 6.07) is 14.0. The number of aryl methyl sites for hydroxylation is 1. The highest BCUT2D eigenvalue weighted by Gasteiger charge is 2.14. The van der Waals surface area contributed by atoms with Crippen LogP contribution in [0.25, 0.3) is 0 Å². The Balaban J connectivity index is 1.75. The molecule has 0 spiro atoms. The molecule has 0 fully saturated rings. The zero-order valence-electron chi connectivity index (χ0n) is 15.2. The fourth-order valence-electron chi connectivity index (χ4n) is 2.44. The van der Waals surface area contributed by atoms with Crippen molar-refractivity contribution in [3.63, 3.8) is 0 Å². The average Bonchev–Trinajstić information content (AvgIpc) is 2.63. The van der Waals surface area contributed by atoms with Gasteiger partial charge in [0.05, 0.1) is 6.54 Å². The second-order valence-electron chi connectivity index (χ2n) is 6.23. The molecule has 3 amide bonds. The number of amides is 3. The second-order valence-corrected chi connectivity index (χ2v) is 7.14. The van der Waals surface area contributed by atoms with Crippen molar-refractivity contribution in [3.8, 4) is 0 Å². The summed E-state index contributed by atoms with van der Waals surface area (Å²) in [5, 5.41) is 8.08. The predicted octanol–water partition coefficient (Wildman–Crippen LogP) is 3.02. The highest BCUT2D eigenvalue weighted by Crippen LogP contribution is 2.19. The monoisotopic (exact) mass is 431 g/mol. The van der Waals surface area contributed by atoms with Crippen molar-refractivity contribution in [2.45, 2.75) is 26.3 Å². The first-order valence-corrected chi connectivity index (χ1v) is 9.33. The van der Waals surface area contributed by atoms with Gasteiger partial charge in [0.15, 0.2) is 0 Å². The molecule has 7 heteroatoms. The van der Waals surface area contributed by atoms with Gasteiger partial charge >= 0.3 is 0 Å². The Labute approximate surface area is 166 Å². The molecule has 0 aliphatic carbocycles. The number of hydrogen-bond acceptors (Lipinski definition) is 3. The standard InChI is InChI=1S/C20H22BrN3O3/c1-13-10-16(21)8-9-17(13)24-19(26)12-22-18(25)11-14(2)23-20(27)15-6-4-3-5-7-15/h3-10,14H,11-12H2,1-2H3,(H,22,25)(H,23,27)(H,24,26)/t14-/m0/s1. The molecule has 142 valence electrons. The van der Waals surface area contributed by atoms with E-state index in [-0.39, 0.29) is 36.7 Å². The van der Waals surface area contributed by atoms with Crippen LogP contribution >= 0.6 is 15.9 Å². The number of halogens is 1. The summed E-state index contributed by atoms with van der Waals surface area (Å²) in [6.07, 6.45) is 0.0865. The van der Waals surface area contributed by atoms with E-state index in [9.17, 15) is 14.4 Å². The largest absolute Gasteiger partial charge is 0.349 e. The van der Waals surface area contributed by atoms with Crippen LogP contribution in [0, 0.1) is 6.92 Å². The summed E-state index contributed by atoms with van der Waals surface area (Å²) in [4.78, 5) is 36.0. The first-order valence-electron chi connectivity index (χ1n) is 8.54. The van der Waals surface area contributed by atoms with E-state index in [1.807, 2.05) is 25.1 Å². The zero-order valence-corrected chi connectivity index (χ0v) is 16.8. The van der Waals surface area contributed by atoms with Crippen molar-refractivity contribution < 1.29 is 14.4 Å². The normalized spacial score (nSPS) is 11.4. The third-order valence-corrected chi connectivity index (χ3v) is 4.31. The van der Waals surface area contributed by atoms with E-state index in [0.717, 1.165) is 10.0 Å². The van der Waals surface area contributed by atoms with E-state index >= 15 is 0 Å². The number of benzene rings is 2. The van der Waals surface area contributed by atoms with E-state index in [0.29, 0.717) is 11.3 Å². The van der Waals surface area contributed by atoms with Gasteiger partial charge in [-0.15, -0.1) is 0 Å². The molecule has 6 nitrogen and oxygen atoms in total. The minimum absolute atomic E-state index is 0.0865. The van der Waals surface area contributed by atoms with Crippen molar-refractivity contribution >= 4 is 39.3 Å². The summed E-state index contributed by atoms with van der Waals surface area (Å²) in [7, 11) is 0. The molecule has 0 aromatic heterocycles. The zero-order chi connectivity index (χ0) is 19.8. The lowest BCUT2D eigenvalue weighted by atomic mass is 10.1. The summed E-state index contributed by atoms with van der Waals surface area (Å²) < 4.78 is 0.929. The van der Waals surface area contributed by atoms with Gasteiger partial charge in [0.2, 0.25) is 11.8 Å². The van der Waals surface area contributed by atoms with Crippen LogP contribution in [0.5, 0.6) is 0 Å². The lowest BCUT2D eigenvalue weighted by Gasteiger charge is -2.14. The summed E-state index contributed by atoms with van der Waals surface area (Å²) in [6.45, 7) is 3.50. The van der Waals surface area contributed by atoms with E-state index in [2.05, 4.69) is 31.9 Å². The average molecular weight is 432 g/mol. The third kappa shape index (κ3) is 6.86. The Morgan fingerprint density at radius 3 is 2.41 bits per heavy atom. The maximum Gasteiger partial charge on any atom is 0.251 e. The molecule has 0 aliphatic heterocycles. The second kappa shape index (κ2) is 9.87. The van der Waals surface area contributed by atoms with Crippen molar-refractivity contribution in [3.05, 3.63) is 64.1 Å². The molecule has 0 heterocycles. The van der Waals surface area contributed by atoms with Crippen LogP contribution in [0.3, 0.4) is 0 Å². The maximum absolute atomic E-state index is 12.1. The van der Waals surface area contributed by atoms with Crippen molar-refractivity contribution in [2.75, 3.05) is 11.9 Å². The van der Waals surface area contributed by atoms with Crippen LogP contribution in [0.1, 0.15) is 29.3 Å². The minimum Gasteiger partial charge on any atom is -0.349 e. The van der Waals surface area contributed by atoms with Gasteiger partial charge in [0, 0.05) is 28.2 Å². The molecule has 0 radical (unpaired) electrons. The number of hydrogen-bond donors (Lipinski definition) is 3. The van der Waals surface area contributed by atoms with Crippen LogP contribution in [0.15, 0.2) is 53.0 Å². The van der Waals surface area contributed by atoms with Gasteiger partial charge in [-0.3, -0.25) is 14.4 Å². The van der Waals surface area contributed by atoms with E-state index in [1.54, 1.807) is 37.3 Å². The molecule has 2 aromatic rings. The fraction of sp³-hybridized carbons (Fsp3) is 0.250. The molecular weight excluding hydrogens is 410 g/mol. The maximum atomic E-state index is 12.1. The Kier molecular flexibility index (Phi) is 7.55. The van der Waals surface area contributed by atoms with E-state index < -0.39 is 0 Å². The first-order chi connectivity index (χ1) is 12.8. The SMILES string of the molecule is Cc1cc(Br)ccc1NC(=O)CNC(=O)C[C@H](C)NC(=O)c1ccccc1. The van der Waals surface area contributed by atoms with Crippen molar-refractivity contribution in [2.24, 2.45) is 0 Å². The molecule has 3 N–H and O–H groups in total. The minimum atomic E-state index is -0.352. The van der Waals surface area contributed by atoms with Gasteiger partial charge in [-0.05, 0) is 49.7 Å². The number of carbonyl (C=O) groups is 3. The van der Waals surface area contributed by atoms with Crippen molar-refractivity contribution in [1.82, 2.24) is 10.6 Å². The van der Waals surface area contributed by atoms with Gasteiger partial charge in [0.1, 0.15) is 0 Å². The third-order valence-electron chi connectivity index (χ3n) is 3.81. The summed E-state index contributed by atoms with van der Waals surface area (Å²) in [5.41, 5.74) is 2.15. The smallest absolute Gasteiger partial charge is 0.251 e. The lowest BCUT2D eigenvalue weighted by molar-refractivity contribution is -0.124. The lowest BCUT2D eigenvalue weighted by Crippen LogP contribution is -2.39. The molecule has 0 saturated carbocycles. The Morgan fingerprint density at radius 2 is 1.74 bits per heavy atom. The van der Waals surface area contributed by atoms with Gasteiger partial charge in [0.25, 0.3) is 5.91 Å². The Bertz CT molecular complexity index is 824. The van der Waals surface area contributed by atoms with Gasteiger partial charge < -0.3 is 16.0 Å². The topological polar surface area (TPSA) is 87.3 Å². The van der Waals surface area contributed by atoms with Crippen LogP contribution in [0.4, 0.5) is 5.69 Å². The number of anilines is 1. The number of rotatable bonds is 7. The molecule has 0 aliphatic rings. The van der Waals surface area contributed by atoms with Crippen LogP contribution < -0.4 is 16.0 Å². The molecule has 2 aromatic carbocycles. The molecule has 2 rings (SSSR count). The van der Waals surface area contributed by atoms with Crippen molar-refractivity contribution in [1.29, 1.82) is 0 Å². The molecule has 0 saturated heterocycles. The van der Waals surface area contributed by atoms with E-state index in [4.69, 9.17) is 0 Å². The quantitative estimate of drug-likeness (QED) is 0.629. The van der Waals surface area contributed by atoms with Gasteiger partial charge in [-0.2, -0.15) is 0 Å². The van der Waals surface area contributed by atoms with Gasteiger partial charge in [-0.25, -0.2) is 0 Å². The Hall–Kier alpha value is -2.67. The Morgan fingerprint density at radius 1 is 1.04 bits per heavy atom. The summed E-state index contributed by atoms with van der Waals surface area (Å²) >= 11 is 3.37. The summed E-state index contributed by atoms with van der Waals surface area (Å²) in [5.74, 6) is -0.854.